The number of rotatable bonds is 2. The molecule has 5 rings (SSSR count). The second-order valence-electron chi connectivity index (χ2n) is 7.88. The molecule has 2 aromatic heterocycles. The summed E-state index contributed by atoms with van der Waals surface area (Å²) in [7, 11) is 0. The van der Waals surface area contributed by atoms with Gasteiger partial charge in [-0.3, -0.25) is 4.79 Å². The minimum Gasteiger partial charge on any atom is -0.310 e. The second kappa shape index (κ2) is 6.52. The standard InChI is InChI=1S/C23H22N4OS/c1-12-5-8-18-19(9-12)29-23(24-18)27-22-21(15(4)26-27)17(11-20(28)25-22)16-7-6-13(2)14(3)10-16/h5-10,17H,11H2,1-4H3,(H,25,28)/t17-/m0/s1. The molecule has 0 unspecified atom stereocenters. The second-order valence-corrected chi connectivity index (χ2v) is 8.88. The first kappa shape index (κ1) is 18.1. The lowest BCUT2D eigenvalue weighted by molar-refractivity contribution is -0.116. The van der Waals surface area contributed by atoms with E-state index in [1.165, 1.54) is 16.7 Å². The molecule has 0 spiro atoms. The molecular formula is C23H22N4OS. The highest BCUT2D eigenvalue weighted by molar-refractivity contribution is 7.20. The van der Waals surface area contributed by atoms with E-state index >= 15 is 0 Å². The fraction of sp³-hybridized carbons (Fsp3) is 0.261. The van der Waals surface area contributed by atoms with Gasteiger partial charge in [-0.05, 0) is 62.1 Å². The first-order valence-electron chi connectivity index (χ1n) is 9.75. The maximum absolute atomic E-state index is 12.6. The van der Waals surface area contributed by atoms with E-state index in [4.69, 9.17) is 10.1 Å². The normalized spacial score (nSPS) is 16.1. The van der Waals surface area contributed by atoms with Crippen molar-refractivity contribution >= 4 is 33.3 Å². The number of anilines is 1. The van der Waals surface area contributed by atoms with Crippen LogP contribution in [-0.2, 0) is 4.79 Å². The zero-order valence-corrected chi connectivity index (χ0v) is 17.7. The molecule has 1 atom stereocenters. The number of nitrogens with one attached hydrogen (secondary N) is 1. The first-order valence-corrected chi connectivity index (χ1v) is 10.6. The van der Waals surface area contributed by atoms with Gasteiger partial charge in [0.2, 0.25) is 11.0 Å². The lowest BCUT2D eigenvalue weighted by Gasteiger charge is -2.24. The summed E-state index contributed by atoms with van der Waals surface area (Å²) in [5, 5.41) is 8.61. The molecule has 146 valence electrons. The zero-order valence-electron chi connectivity index (χ0n) is 16.9. The summed E-state index contributed by atoms with van der Waals surface area (Å²) in [4.78, 5) is 17.4. The Hall–Kier alpha value is -2.99. The predicted octanol–water partition coefficient (Wildman–Crippen LogP) is 5.19. The van der Waals surface area contributed by atoms with Crippen LogP contribution in [0.1, 0.15) is 45.8 Å². The molecule has 1 aliphatic heterocycles. The van der Waals surface area contributed by atoms with E-state index in [2.05, 4.69) is 56.4 Å². The molecule has 1 N–H and O–H groups in total. The van der Waals surface area contributed by atoms with Gasteiger partial charge in [-0.2, -0.15) is 9.78 Å². The molecule has 0 saturated carbocycles. The number of aromatic nitrogens is 3. The maximum Gasteiger partial charge on any atom is 0.226 e. The molecule has 5 nitrogen and oxygen atoms in total. The SMILES string of the molecule is Cc1ccc2nc(-n3nc(C)c4c3NC(=O)C[C@H]4c3ccc(C)c(C)c3)sc2c1. The summed E-state index contributed by atoms with van der Waals surface area (Å²) >= 11 is 1.59. The van der Waals surface area contributed by atoms with Crippen LogP contribution >= 0.6 is 11.3 Å². The van der Waals surface area contributed by atoms with Crippen LogP contribution < -0.4 is 5.32 Å². The predicted molar refractivity (Wildman–Crippen MR) is 117 cm³/mol. The van der Waals surface area contributed by atoms with Crippen LogP contribution in [0.3, 0.4) is 0 Å². The summed E-state index contributed by atoms with van der Waals surface area (Å²) in [5.41, 5.74) is 7.82. The summed E-state index contributed by atoms with van der Waals surface area (Å²) in [5.74, 6) is 0.764. The molecule has 0 radical (unpaired) electrons. The largest absolute Gasteiger partial charge is 0.310 e. The van der Waals surface area contributed by atoms with Crippen LogP contribution in [0.25, 0.3) is 15.3 Å². The minimum atomic E-state index is 0.00317. The van der Waals surface area contributed by atoms with E-state index in [0.717, 1.165) is 38.0 Å². The maximum atomic E-state index is 12.6. The van der Waals surface area contributed by atoms with Gasteiger partial charge < -0.3 is 5.32 Å². The lowest BCUT2D eigenvalue weighted by atomic mass is 9.84. The van der Waals surface area contributed by atoms with Crippen molar-refractivity contribution in [2.45, 2.75) is 40.0 Å². The molecule has 0 aliphatic carbocycles. The zero-order chi connectivity index (χ0) is 20.3. The number of nitrogens with zero attached hydrogens (tertiary/aromatic N) is 3. The fourth-order valence-electron chi connectivity index (χ4n) is 4.06. The number of hydrogen-bond acceptors (Lipinski definition) is 4. The van der Waals surface area contributed by atoms with Crippen molar-refractivity contribution in [2.24, 2.45) is 0 Å². The quantitative estimate of drug-likeness (QED) is 0.502. The van der Waals surface area contributed by atoms with Crippen LogP contribution in [0.5, 0.6) is 0 Å². The third kappa shape index (κ3) is 2.95. The van der Waals surface area contributed by atoms with Gasteiger partial charge in [0.25, 0.3) is 0 Å². The average molecular weight is 403 g/mol. The Bertz CT molecular complexity index is 1280. The molecule has 4 aromatic rings. The summed E-state index contributed by atoms with van der Waals surface area (Å²) in [6.45, 7) is 8.31. The number of fused-ring (bicyclic) bond motifs is 2. The molecule has 29 heavy (non-hydrogen) atoms. The number of thiazole rings is 1. The van der Waals surface area contributed by atoms with Crippen molar-refractivity contribution in [1.29, 1.82) is 0 Å². The monoisotopic (exact) mass is 402 g/mol. The average Bonchev–Trinajstić information content (AvgIpc) is 3.24. The van der Waals surface area contributed by atoms with Crippen molar-refractivity contribution in [1.82, 2.24) is 14.8 Å². The van der Waals surface area contributed by atoms with Crippen molar-refractivity contribution in [3.8, 4) is 5.13 Å². The molecule has 6 heteroatoms. The number of hydrogen-bond donors (Lipinski definition) is 1. The molecule has 2 aromatic carbocycles. The molecule has 0 saturated heterocycles. The number of carbonyl (C=O) groups excluding carboxylic acids is 1. The van der Waals surface area contributed by atoms with Gasteiger partial charge in [-0.25, -0.2) is 4.98 Å². The van der Waals surface area contributed by atoms with Crippen LogP contribution in [0.4, 0.5) is 5.82 Å². The van der Waals surface area contributed by atoms with Gasteiger partial charge in [-0.1, -0.05) is 35.6 Å². The molecule has 1 aliphatic rings. The van der Waals surface area contributed by atoms with Crippen molar-refractivity contribution in [3.63, 3.8) is 0 Å². The van der Waals surface area contributed by atoms with E-state index in [0.29, 0.717) is 6.42 Å². The third-order valence-electron chi connectivity index (χ3n) is 5.75. The highest BCUT2D eigenvalue weighted by Gasteiger charge is 2.33. The Labute approximate surface area is 173 Å². The fourth-order valence-corrected chi connectivity index (χ4v) is 5.08. The lowest BCUT2D eigenvalue weighted by Crippen LogP contribution is -2.25. The molecule has 0 fully saturated rings. The Kier molecular flexibility index (Phi) is 4.06. The van der Waals surface area contributed by atoms with Crippen LogP contribution in [0.2, 0.25) is 0 Å². The summed E-state index contributed by atoms with van der Waals surface area (Å²) in [6.07, 6.45) is 0.432. The number of carbonyl (C=O) groups is 1. The van der Waals surface area contributed by atoms with Crippen molar-refractivity contribution in [2.75, 3.05) is 5.32 Å². The van der Waals surface area contributed by atoms with E-state index in [9.17, 15) is 4.79 Å². The Morgan fingerprint density at radius 1 is 1.07 bits per heavy atom. The van der Waals surface area contributed by atoms with E-state index in [-0.39, 0.29) is 11.8 Å². The summed E-state index contributed by atoms with van der Waals surface area (Å²) < 4.78 is 2.92. The van der Waals surface area contributed by atoms with E-state index in [1.54, 1.807) is 16.0 Å². The number of benzene rings is 2. The van der Waals surface area contributed by atoms with Crippen molar-refractivity contribution < 1.29 is 4.79 Å². The number of amides is 1. The highest BCUT2D eigenvalue weighted by Crippen LogP contribution is 2.41. The molecular weight excluding hydrogens is 380 g/mol. The van der Waals surface area contributed by atoms with Gasteiger partial charge in [-0.15, -0.1) is 0 Å². The third-order valence-corrected chi connectivity index (χ3v) is 6.74. The Morgan fingerprint density at radius 3 is 2.69 bits per heavy atom. The van der Waals surface area contributed by atoms with E-state index in [1.807, 2.05) is 13.0 Å². The van der Waals surface area contributed by atoms with E-state index < -0.39 is 0 Å². The van der Waals surface area contributed by atoms with Gasteiger partial charge in [0.1, 0.15) is 5.82 Å². The summed E-state index contributed by atoms with van der Waals surface area (Å²) in [6, 6.07) is 12.7. The van der Waals surface area contributed by atoms with Crippen LogP contribution in [-0.4, -0.2) is 20.7 Å². The van der Waals surface area contributed by atoms with Gasteiger partial charge in [0, 0.05) is 17.9 Å². The van der Waals surface area contributed by atoms with Crippen molar-refractivity contribution in [3.05, 3.63) is 69.9 Å². The first-order chi connectivity index (χ1) is 13.9. The topological polar surface area (TPSA) is 59.8 Å². The number of aryl methyl sites for hydroxylation is 4. The van der Waals surface area contributed by atoms with Gasteiger partial charge in [0.15, 0.2) is 0 Å². The van der Waals surface area contributed by atoms with Crippen LogP contribution in [0.15, 0.2) is 36.4 Å². The minimum absolute atomic E-state index is 0.00317. The van der Waals surface area contributed by atoms with Gasteiger partial charge >= 0.3 is 0 Å². The molecule has 1 amide bonds. The van der Waals surface area contributed by atoms with Crippen LogP contribution in [0, 0.1) is 27.7 Å². The highest BCUT2D eigenvalue weighted by atomic mass is 32.1. The van der Waals surface area contributed by atoms with Gasteiger partial charge in [0.05, 0.1) is 15.9 Å². The molecule has 0 bridgehead atoms. The Morgan fingerprint density at radius 2 is 1.90 bits per heavy atom. The molecule has 3 heterocycles. The smallest absolute Gasteiger partial charge is 0.226 e. The Balaban J connectivity index is 1.67.